The van der Waals surface area contributed by atoms with E-state index in [4.69, 9.17) is 5.73 Å². The number of rotatable bonds is 4. The molecule has 3 heteroatoms. The summed E-state index contributed by atoms with van der Waals surface area (Å²) in [5, 5.41) is 0. The van der Waals surface area contributed by atoms with E-state index in [1.807, 2.05) is 35.2 Å². The summed E-state index contributed by atoms with van der Waals surface area (Å²) in [5.74, 6) is 0.771. The Labute approximate surface area is 109 Å². The SMILES string of the molecule is CCC1CCN(C(=O)[C@H](N)Cc2ccccc2)C1. The van der Waals surface area contributed by atoms with Gasteiger partial charge in [-0.2, -0.15) is 0 Å². The van der Waals surface area contributed by atoms with Crippen LogP contribution in [0.15, 0.2) is 30.3 Å². The molecule has 2 atom stereocenters. The van der Waals surface area contributed by atoms with Gasteiger partial charge in [-0.25, -0.2) is 0 Å². The molecule has 1 unspecified atom stereocenters. The topological polar surface area (TPSA) is 46.3 Å². The molecule has 1 saturated heterocycles. The van der Waals surface area contributed by atoms with Gasteiger partial charge in [0.1, 0.15) is 0 Å². The van der Waals surface area contributed by atoms with Crippen LogP contribution in [-0.2, 0) is 11.2 Å². The van der Waals surface area contributed by atoms with Crippen molar-refractivity contribution in [2.24, 2.45) is 11.7 Å². The number of carbonyl (C=O) groups is 1. The quantitative estimate of drug-likeness (QED) is 0.880. The number of amides is 1. The van der Waals surface area contributed by atoms with Crippen LogP contribution in [0, 0.1) is 5.92 Å². The maximum atomic E-state index is 12.2. The van der Waals surface area contributed by atoms with Crippen LogP contribution >= 0.6 is 0 Å². The zero-order valence-corrected chi connectivity index (χ0v) is 11.0. The van der Waals surface area contributed by atoms with Gasteiger partial charge in [0.25, 0.3) is 0 Å². The van der Waals surface area contributed by atoms with E-state index < -0.39 is 6.04 Å². The molecule has 1 aromatic carbocycles. The normalized spacial score (nSPS) is 21.0. The minimum absolute atomic E-state index is 0.106. The van der Waals surface area contributed by atoms with Crippen LogP contribution in [0.2, 0.25) is 0 Å². The lowest BCUT2D eigenvalue weighted by molar-refractivity contribution is -0.131. The molecule has 1 aliphatic heterocycles. The van der Waals surface area contributed by atoms with E-state index in [-0.39, 0.29) is 5.91 Å². The predicted octanol–water partition coefficient (Wildman–Crippen LogP) is 1.81. The number of benzene rings is 1. The van der Waals surface area contributed by atoms with Crippen molar-refractivity contribution in [2.45, 2.75) is 32.2 Å². The van der Waals surface area contributed by atoms with Gasteiger partial charge in [-0.3, -0.25) is 4.79 Å². The first-order valence-corrected chi connectivity index (χ1v) is 6.79. The van der Waals surface area contributed by atoms with Crippen LogP contribution in [0.5, 0.6) is 0 Å². The summed E-state index contributed by atoms with van der Waals surface area (Å²) in [6.07, 6.45) is 2.91. The van der Waals surface area contributed by atoms with E-state index in [1.165, 1.54) is 0 Å². The molecule has 0 radical (unpaired) electrons. The third kappa shape index (κ3) is 3.10. The number of hydrogen-bond acceptors (Lipinski definition) is 2. The fourth-order valence-corrected chi connectivity index (χ4v) is 2.56. The van der Waals surface area contributed by atoms with Crippen molar-refractivity contribution in [1.29, 1.82) is 0 Å². The van der Waals surface area contributed by atoms with Gasteiger partial charge in [0.15, 0.2) is 0 Å². The summed E-state index contributed by atoms with van der Waals surface area (Å²) >= 11 is 0. The van der Waals surface area contributed by atoms with Crippen molar-refractivity contribution in [3.63, 3.8) is 0 Å². The highest BCUT2D eigenvalue weighted by atomic mass is 16.2. The molecule has 0 spiro atoms. The van der Waals surface area contributed by atoms with Crippen molar-refractivity contribution < 1.29 is 4.79 Å². The third-order valence-corrected chi connectivity index (χ3v) is 3.79. The smallest absolute Gasteiger partial charge is 0.239 e. The summed E-state index contributed by atoms with van der Waals surface area (Å²) < 4.78 is 0. The summed E-state index contributed by atoms with van der Waals surface area (Å²) in [4.78, 5) is 14.1. The second kappa shape index (κ2) is 6.01. The monoisotopic (exact) mass is 246 g/mol. The van der Waals surface area contributed by atoms with Crippen LogP contribution in [0.3, 0.4) is 0 Å². The van der Waals surface area contributed by atoms with Crippen LogP contribution < -0.4 is 5.73 Å². The summed E-state index contributed by atoms with van der Waals surface area (Å²) in [7, 11) is 0. The van der Waals surface area contributed by atoms with Gasteiger partial charge >= 0.3 is 0 Å². The van der Waals surface area contributed by atoms with Gasteiger partial charge in [-0.1, -0.05) is 43.7 Å². The summed E-state index contributed by atoms with van der Waals surface area (Å²) in [6, 6.07) is 9.58. The molecule has 98 valence electrons. The molecular formula is C15H22N2O. The van der Waals surface area contributed by atoms with Gasteiger partial charge < -0.3 is 10.6 Å². The Morgan fingerprint density at radius 3 is 2.78 bits per heavy atom. The van der Waals surface area contributed by atoms with Crippen LogP contribution in [0.4, 0.5) is 0 Å². The molecule has 2 N–H and O–H groups in total. The Hall–Kier alpha value is -1.35. The molecule has 1 fully saturated rings. The summed E-state index contributed by atoms with van der Waals surface area (Å²) in [6.45, 7) is 3.94. The molecule has 1 aromatic rings. The predicted molar refractivity (Wildman–Crippen MR) is 73.1 cm³/mol. The average molecular weight is 246 g/mol. The van der Waals surface area contributed by atoms with E-state index >= 15 is 0 Å². The van der Waals surface area contributed by atoms with Gasteiger partial charge in [-0.05, 0) is 24.3 Å². The molecule has 1 aliphatic rings. The standard InChI is InChI=1S/C15H22N2O/c1-2-12-8-9-17(11-12)15(18)14(16)10-13-6-4-3-5-7-13/h3-7,12,14H,2,8-11,16H2,1H3/t12?,14-/m1/s1. The zero-order valence-electron chi connectivity index (χ0n) is 11.0. The third-order valence-electron chi connectivity index (χ3n) is 3.79. The maximum absolute atomic E-state index is 12.2. The molecule has 2 rings (SSSR count). The lowest BCUT2D eigenvalue weighted by atomic mass is 10.1. The van der Waals surface area contributed by atoms with Crippen LogP contribution in [0.25, 0.3) is 0 Å². The van der Waals surface area contributed by atoms with Crippen LogP contribution in [0.1, 0.15) is 25.3 Å². The molecule has 0 aromatic heterocycles. The van der Waals surface area contributed by atoms with Crippen LogP contribution in [-0.4, -0.2) is 29.9 Å². The Balaban J connectivity index is 1.89. The maximum Gasteiger partial charge on any atom is 0.239 e. The van der Waals surface area contributed by atoms with E-state index in [0.29, 0.717) is 12.3 Å². The minimum Gasteiger partial charge on any atom is -0.341 e. The van der Waals surface area contributed by atoms with E-state index in [9.17, 15) is 4.79 Å². The molecule has 1 amide bonds. The number of hydrogen-bond donors (Lipinski definition) is 1. The second-order valence-corrected chi connectivity index (χ2v) is 5.14. The number of nitrogens with two attached hydrogens (primary N) is 1. The zero-order chi connectivity index (χ0) is 13.0. The highest BCUT2D eigenvalue weighted by Crippen LogP contribution is 2.19. The first kappa shape index (κ1) is 13.1. The van der Waals surface area contributed by atoms with Crippen molar-refractivity contribution in [3.8, 4) is 0 Å². The number of likely N-dealkylation sites (tertiary alicyclic amines) is 1. The van der Waals surface area contributed by atoms with E-state index in [1.54, 1.807) is 0 Å². The van der Waals surface area contributed by atoms with Gasteiger partial charge in [-0.15, -0.1) is 0 Å². The Morgan fingerprint density at radius 2 is 2.17 bits per heavy atom. The Morgan fingerprint density at radius 1 is 1.44 bits per heavy atom. The molecule has 0 aliphatic carbocycles. The van der Waals surface area contributed by atoms with Gasteiger partial charge in [0.05, 0.1) is 6.04 Å². The van der Waals surface area contributed by atoms with Crippen molar-refractivity contribution in [1.82, 2.24) is 4.90 Å². The highest BCUT2D eigenvalue weighted by molar-refractivity contribution is 5.82. The number of carbonyl (C=O) groups excluding carboxylic acids is 1. The van der Waals surface area contributed by atoms with Crippen molar-refractivity contribution in [3.05, 3.63) is 35.9 Å². The number of nitrogens with zero attached hydrogens (tertiary/aromatic N) is 1. The average Bonchev–Trinajstić information content (AvgIpc) is 2.87. The fraction of sp³-hybridized carbons (Fsp3) is 0.533. The van der Waals surface area contributed by atoms with E-state index in [0.717, 1.165) is 31.5 Å². The lowest BCUT2D eigenvalue weighted by Gasteiger charge is -2.21. The Bertz CT molecular complexity index is 391. The highest BCUT2D eigenvalue weighted by Gasteiger charge is 2.28. The minimum atomic E-state index is -0.400. The largest absolute Gasteiger partial charge is 0.341 e. The second-order valence-electron chi connectivity index (χ2n) is 5.14. The molecular weight excluding hydrogens is 224 g/mol. The molecule has 3 nitrogen and oxygen atoms in total. The molecule has 0 saturated carbocycles. The van der Waals surface area contributed by atoms with Crippen molar-refractivity contribution in [2.75, 3.05) is 13.1 Å². The van der Waals surface area contributed by atoms with Gasteiger partial charge in [0, 0.05) is 13.1 Å². The van der Waals surface area contributed by atoms with Crippen molar-refractivity contribution >= 4 is 5.91 Å². The fourth-order valence-electron chi connectivity index (χ4n) is 2.56. The Kier molecular flexibility index (Phi) is 4.37. The first-order chi connectivity index (χ1) is 8.70. The first-order valence-electron chi connectivity index (χ1n) is 6.79. The molecule has 1 heterocycles. The molecule has 18 heavy (non-hydrogen) atoms. The lowest BCUT2D eigenvalue weighted by Crippen LogP contribution is -2.43. The van der Waals surface area contributed by atoms with Gasteiger partial charge in [0.2, 0.25) is 5.91 Å². The van der Waals surface area contributed by atoms with E-state index in [2.05, 4.69) is 6.92 Å². The summed E-state index contributed by atoms with van der Waals surface area (Å²) in [5.41, 5.74) is 7.15. The molecule has 0 bridgehead atoms.